The number of likely N-dealkylation sites (tertiary alicyclic amines) is 1. The fourth-order valence-corrected chi connectivity index (χ4v) is 3.60. The summed E-state index contributed by atoms with van der Waals surface area (Å²) in [7, 11) is 1.61. The van der Waals surface area contributed by atoms with Crippen LogP contribution in [0.2, 0.25) is 0 Å². The average Bonchev–Trinajstić information content (AvgIpc) is 2.88. The Kier molecular flexibility index (Phi) is 7.21. The number of aliphatic carboxylic acids is 1. The zero-order valence-electron chi connectivity index (χ0n) is 17.6. The first-order valence-corrected chi connectivity index (χ1v) is 9.87. The highest BCUT2D eigenvalue weighted by Crippen LogP contribution is 2.18. The highest BCUT2D eigenvalue weighted by atomic mass is 16.4. The van der Waals surface area contributed by atoms with Crippen molar-refractivity contribution in [2.45, 2.75) is 53.5 Å². The van der Waals surface area contributed by atoms with Gasteiger partial charge in [0.15, 0.2) is 0 Å². The van der Waals surface area contributed by atoms with Crippen molar-refractivity contribution in [3.8, 4) is 0 Å². The minimum atomic E-state index is -0.869. The first-order valence-electron chi connectivity index (χ1n) is 9.87. The maximum atomic E-state index is 12.7. The molecule has 1 N–H and O–H groups in total. The van der Waals surface area contributed by atoms with Crippen LogP contribution in [0.4, 0.5) is 0 Å². The van der Waals surface area contributed by atoms with Gasteiger partial charge in [0.05, 0.1) is 24.6 Å². The van der Waals surface area contributed by atoms with Crippen molar-refractivity contribution in [1.29, 1.82) is 0 Å². The number of carbonyl (C=O) groups excluding carboxylic acids is 2. The fraction of sp³-hybridized carbons (Fsp3) is 0.700. The summed E-state index contributed by atoms with van der Waals surface area (Å²) in [6.45, 7) is 9.64. The lowest BCUT2D eigenvalue weighted by Gasteiger charge is -2.32. The summed E-state index contributed by atoms with van der Waals surface area (Å²) in [6, 6.07) is 0. The summed E-state index contributed by atoms with van der Waals surface area (Å²) in [5.74, 6) is -1.27. The second-order valence-corrected chi connectivity index (χ2v) is 8.17. The SMILES string of the molecule is Cc1nn(CC(C)C)c(C)c1CC(=O)N(C)CC(=O)N1CCCC(C(=O)O)C1. The van der Waals surface area contributed by atoms with Crippen LogP contribution >= 0.6 is 0 Å². The number of aryl methyl sites for hydroxylation is 1. The number of hydrogen-bond donors (Lipinski definition) is 1. The summed E-state index contributed by atoms with van der Waals surface area (Å²) < 4.78 is 1.94. The second-order valence-electron chi connectivity index (χ2n) is 8.17. The fourth-order valence-electron chi connectivity index (χ4n) is 3.60. The number of nitrogens with zero attached hydrogens (tertiary/aromatic N) is 4. The van der Waals surface area contributed by atoms with Gasteiger partial charge >= 0.3 is 5.97 Å². The maximum absolute atomic E-state index is 12.7. The number of amides is 2. The number of carbonyl (C=O) groups is 3. The molecule has 1 aliphatic heterocycles. The van der Waals surface area contributed by atoms with E-state index < -0.39 is 11.9 Å². The monoisotopic (exact) mass is 392 g/mol. The Morgan fingerprint density at radius 3 is 2.57 bits per heavy atom. The Balaban J connectivity index is 1.97. The van der Waals surface area contributed by atoms with Gasteiger partial charge in [0.2, 0.25) is 11.8 Å². The van der Waals surface area contributed by atoms with Crippen LogP contribution in [0.1, 0.15) is 43.6 Å². The standard InChI is InChI=1S/C20H32N4O4/c1-13(2)10-24-15(4)17(14(3)21-24)9-18(25)22(5)12-19(26)23-8-6-7-16(11-23)20(27)28/h13,16H,6-12H2,1-5H3,(H,27,28). The summed E-state index contributed by atoms with van der Waals surface area (Å²) in [5, 5.41) is 13.7. The largest absolute Gasteiger partial charge is 0.481 e. The zero-order valence-corrected chi connectivity index (χ0v) is 17.6. The molecule has 2 rings (SSSR count). The lowest BCUT2D eigenvalue weighted by Crippen LogP contribution is -2.47. The molecule has 1 atom stereocenters. The van der Waals surface area contributed by atoms with Gasteiger partial charge in [0, 0.05) is 37.9 Å². The van der Waals surface area contributed by atoms with Gasteiger partial charge in [-0.05, 0) is 32.6 Å². The molecule has 0 radical (unpaired) electrons. The van der Waals surface area contributed by atoms with E-state index in [9.17, 15) is 19.5 Å². The molecule has 2 amide bonds. The highest BCUT2D eigenvalue weighted by Gasteiger charge is 2.29. The minimum absolute atomic E-state index is 0.0383. The van der Waals surface area contributed by atoms with E-state index in [2.05, 4.69) is 18.9 Å². The summed E-state index contributed by atoms with van der Waals surface area (Å²) >= 11 is 0. The predicted molar refractivity (Wildman–Crippen MR) is 105 cm³/mol. The van der Waals surface area contributed by atoms with Crippen LogP contribution in [-0.4, -0.2) is 69.2 Å². The lowest BCUT2D eigenvalue weighted by molar-refractivity contribution is -0.147. The molecule has 0 saturated carbocycles. The van der Waals surface area contributed by atoms with E-state index >= 15 is 0 Å². The number of carboxylic acids is 1. The Labute approximate surface area is 166 Å². The minimum Gasteiger partial charge on any atom is -0.481 e. The molecule has 28 heavy (non-hydrogen) atoms. The van der Waals surface area contributed by atoms with Gasteiger partial charge in [-0.3, -0.25) is 19.1 Å². The Hall–Kier alpha value is -2.38. The normalized spacial score (nSPS) is 17.1. The van der Waals surface area contributed by atoms with Crippen molar-refractivity contribution >= 4 is 17.8 Å². The first kappa shape index (κ1) is 21.9. The Morgan fingerprint density at radius 1 is 1.29 bits per heavy atom. The molecule has 0 spiro atoms. The van der Waals surface area contributed by atoms with E-state index in [1.807, 2.05) is 18.5 Å². The highest BCUT2D eigenvalue weighted by molar-refractivity contribution is 5.86. The van der Waals surface area contributed by atoms with Crippen molar-refractivity contribution < 1.29 is 19.5 Å². The zero-order chi connectivity index (χ0) is 21.0. The van der Waals surface area contributed by atoms with Crippen LogP contribution in [0.3, 0.4) is 0 Å². The van der Waals surface area contributed by atoms with Crippen molar-refractivity contribution in [1.82, 2.24) is 19.6 Å². The number of piperidine rings is 1. The van der Waals surface area contributed by atoms with Crippen molar-refractivity contribution in [3.05, 3.63) is 17.0 Å². The van der Waals surface area contributed by atoms with Gasteiger partial charge < -0.3 is 14.9 Å². The van der Waals surface area contributed by atoms with Crippen LogP contribution in [-0.2, 0) is 27.3 Å². The summed E-state index contributed by atoms with van der Waals surface area (Å²) in [5.41, 5.74) is 2.74. The smallest absolute Gasteiger partial charge is 0.308 e. The predicted octanol–water partition coefficient (Wildman–Crippen LogP) is 1.48. The summed E-state index contributed by atoms with van der Waals surface area (Å²) in [4.78, 5) is 39.3. The molecule has 156 valence electrons. The number of likely N-dealkylation sites (N-methyl/N-ethyl adjacent to an activating group) is 1. The molecule has 0 aromatic carbocycles. The molecular formula is C20H32N4O4. The molecule has 1 aromatic rings. The van der Waals surface area contributed by atoms with E-state index in [0.29, 0.717) is 25.3 Å². The Morgan fingerprint density at radius 2 is 1.96 bits per heavy atom. The molecule has 0 bridgehead atoms. The molecule has 1 aromatic heterocycles. The topological polar surface area (TPSA) is 95.7 Å². The third kappa shape index (κ3) is 5.33. The van der Waals surface area contributed by atoms with Crippen LogP contribution < -0.4 is 0 Å². The third-order valence-corrected chi connectivity index (χ3v) is 5.32. The van der Waals surface area contributed by atoms with Crippen molar-refractivity contribution in [2.24, 2.45) is 11.8 Å². The maximum Gasteiger partial charge on any atom is 0.308 e. The van der Waals surface area contributed by atoms with Gasteiger partial charge in [0.25, 0.3) is 0 Å². The first-order chi connectivity index (χ1) is 13.1. The Bertz CT molecular complexity index is 741. The van der Waals surface area contributed by atoms with Crippen LogP contribution in [0.25, 0.3) is 0 Å². The second kappa shape index (κ2) is 9.21. The van der Waals surface area contributed by atoms with E-state index in [1.54, 1.807) is 11.9 Å². The molecule has 8 nitrogen and oxygen atoms in total. The number of rotatable bonds is 7. The quantitative estimate of drug-likeness (QED) is 0.758. The van der Waals surface area contributed by atoms with Crippen LogP contribution in [0.5, 0.6) is 0 Å². The van der Waals surface area contributed by atoms with Crippen LogP contribution in [0, 0.1) is 25.7 Å². The van der Waals surface area contributed by atoms with E-state index in [4.69, 9.17) is 0 Å². The lowest BCUT2D eigenvalue weighted by atomic mass is 9.98. The molecule has 0 aliphatic carbocycles. The van der Waals surface area contributed by atoms with E-state index in [-0.39, 0.29) is 31.3 Å². The number of hydrogen-bond acceptors (Lipinski definition) is 4. The van der Waals surface area contributed by atoms with Gasteiger partial charge in [-0.1, -0.05) is 13.8 Å². The molecule has 2 heterocycles. The third-order valence-electron chi connectivity index (χ3n) is 5.32. The molecule has 8 heteroatoms. The number of aromatic nitrogens is 2. The average molecular weight is 393 g/mol. The van der Waals surface area contributed by atoms with E-state index in [0.717, 1.165) is 23.5 Å². The van der Waals surface area contributed by atoms with Gasteiger partial charge in [-0.25, -0.2) is 0 Å². The van der Waals surface area contributed by atoms with Gasteiger partial charge in [-0.2, -0.15) is 5.10 Å². The molecule has 1 unspecified atom stereocenters. The molecule has 1 saturated heterocycles. The van der Waals surface area contributed by atoms with Crippen molar-refractivity contribution in [2.75, 3.05) is 26.7 Å². The molecular weight excluding hydrogens is 360 g/mol. The van der Waals surface area contributed by atoms with Gasteiger partial charge in [-0.15, -0.1) is 0 Å². The summed E-state index contributed by atoms with van der Waals surface area (Å²) in [6.07, 6.45) is 1.47. The number of carboxylic acid groups (broad SMARTS) is 1. The van der Waals surface area contributed by atoms with Gasteiger partial charge in [0.1, 0.15) is 0 Å². The molecule has 1 aliphatic rings. The van der Waals surface area contributed by atoms with Crippen molar-refractivity contribution in [3.63, 3.8) is 0 Å². The van der Waals surface area contributed by atoms with Crippen LogP contribution in [0.15, 0.2) is 0 Å². The van der Waals surface area contributed by atoms with E-state index in [1.165, 1.54) is 4.90 Å². The molecule has 1 fully saturated rings.